The van der Waals surface area contributed by atoms with Gasteiger partial charge in [-0.2, -0.15) is 10.2 Å². The van der Waals surface area contributed by atoms with Crippen LogP contribution in [0, 0.1) is 18.3 Å². The lowest BCUT2D eigenvalue weighted by atomic mass is 10.1. The molecular weight excluding hydrogens is 232 g/mol. The van der Waals surface area contributed by atoms with Crippen molar-refractivity contribution >= 4 is 5.91 Å². The van der Waals surface area contributed by atoms with Crippen LogP contribution in [-0.4, -0.2) is 16.0 Å². The molecule has 6 nitrogen and oxygen atoms in total. The van der Waals surface area contributed by atoms with Gasteiger partial charge < -0.3 is 9.84 Å². The van der Waals surface area contributed by atoms with Gasteiger partial charge in [-0.1, -0.05) is 11.2 Å². The van der Waals surface area contributed by atoms with E-state index in [0.29, 0.717) is 22.8 Å². The standard InChI is InChI=1S/C12H10N4O2/c1-8-15-11(18-16-8)7-14-12(17)10-4-2-3-9(5-10)6-13/h2-5H,7H2,1H3,(H,14,17). The van der Waals surface area contributed by atoms with E-state index >= 15 is 0 Å². The third-order valence-corrected chi connectivity index (χ3v) is 2.22. The summed E-state index contributed by atoms with van der Waals surface area (Å²) in [6.07, 6.45) is 0. The molecule has 0 bridgehead atoms. The molecule has 18 heavy (non-hydrogen) atoms. The molecule has 0 aliphatic heterocycles. The third-order valence-electron chi connectivity index (χ3n) is 2.22. The zero-order valence-corrected chi connectivity index (χ0v) is 9.67. The maximum atomic E-state index is 11.8. The number of nitriles is 1. The van der Waals surface area contributed by atoms with Crippen LogP contribution in [0.1, 0.15) is 27.6 Å². The van der Waals surface area contributed by atoms with Crippen molar-refractivity contribution in [2.24, 2.45) is 0 Å². The molecule has 0 saturated heterocycles. The van der Waals surface area contributed by atoms with Crippen molar-refractivity contribution in [1.29, 1.82) is 5.26 Å². The highest BCUT2D eigenvalue weighted by Gasteiger charge is 2.08. The second-order valence-electron chi connectivity index (χ2n) is 3.61. The number of benzene rings is 1. The van der Waals surface area contributed by atoms with Crippen molar-refractivity contribution in [3.63, 3.8) is 0 Å². The monoisotopic (exact) mass is 242 g/mol. The molecule has 90 valence electrons. The lowest BCUT2D eigenvalue weighted by molar-refractivity contribution is 0.0946. The number of amides is 1. The van der Waals surface area contributed by atoms with E-state index in [0.717, 1.165) is 0 Å². The minimum atomic E-state index is -0.289. The SMILES string of the molecule is Cc1noc(CNC(=O)c2cccc(C#N)c2)n1. The first-order valence-corrected chi connectivity index (χ1v) is 5.26. The summed E-state index contributed by atoms with van der Waals surface area (Å²) in [7, 11) is 0. The van der Waals surface area contributed by atoms with Gasteiger partial charge in [0.1, 0.15) is 0 Å². The Hall–Kier alpha value is -2.68. The highest BCUT2D eigenvalue weighted by atomic mass is 16.5. The summed E-state index contributed by atoms with van der Waals surface area (Å²) >= 11 is 0. The fraction of sp³-hybridized carbons (Fsp3) is 0.167. The first-order valence-electron chi connectivity index (χ1n) is 5.26. The Morgan fingerprint density at radius 1 is 1.56 bits per heavy atom. The number of carbonyl (C=O) groups excluding carboxylic acids is 1. The van der Waals surface area contributed by atoms with E-state index < -0.39 is 0 Å². The molecule has 0 aliphatic carbocycles. The number of nitrogens with zero attached hydrogens (tertiary/aromatic N) is 3. The number of carbonyl (C=O) groups is 1. The fourth-order valence-corrected chi connectivity index (χ4v) is 1.40. The van der Waals surface area contributed by atoms with E-state index in [1.807, 2.05) is 6.07 Å². The van der Waals surface area contributed by atoms with Crippen molar-refractivity contribution in [1.82, 2.24) is 15.5 Å². The summed E-state index contributed by atoms with van der Waals surface area (Å²) in [5.41, 5.74) is 0.863. The Kier molecular flexibility index (Phi) is 3.34. The molecule has 6 heteroatoms. The summed E-state index contributed by atoms with van der Waals surface area (Å²) in [4.78, 5) is 15.7. The van der Waals surface area contributed by atoms with E-state index in [1.165, 1.54) is 6.07 Å². The highest BCUT2D eigenvalue weighted by molar-refractivity contribution is 5.94. The summed E-state index contributed by atoms with van der Waals surface area (Å²) in [5, 5.41) is 15.0. The summed E-state index contributed by atoms with van der Waals surface area (Å²) in [5.74, 6) is 0.575. The van der Waals surface area contributed by atoms with Crippen molar-refractivity contribution in [2.75, 3.05) is 0 Å². The Morgan fingerprint density at radius 3 is 3.06 bits per heavy atom. The first-order chi connectivity index (χ1) is 8.69. The van der Waals surface area contributed by atoms with E-state index in [-0.39, 0.29) is 12.5 Å². The molecule has 0 fully saturated rings. The summed E-state index contributed by atoms with van der Waals surface area (Å²) in [6, 6.07) is 8.43. The Labute approximate surface area is 103 Å². The molecule has 1 amide bonds. The number of hydrogen-bond donors (Lipinski definition) is 1. The largest absolute Gasteiger partial charge is 0.343 e. The molecule has 0 radical (unpaired) electrons. The average Bonchev–Trinajstić information content (AvgIpc) is 2.82. The van der Waals surface area contributed by atoms with Gasteiger partial charge >= 0.3 is 0 Å². The molecule has 0 aliphatic rings. The molecule has 0 atom stereocenters. The van der Waals surface area contributed by atoms with Crippen LogP contribution in [0.4, 0.5) is 0 Å². The molecule has 2 rings (SSSR count). The quantitative estimate of drug-likeness (QED) is 0.872. The number of aryl methyl sites for hydroxylation is 1. The number of hydrogen-bond acceptors (Lipinski definition) is 5. The lowest BCUT2D eigenvalue weighted by Crippen LogP contribution is -2.23. The van der Waals surface area contributed by atoms with Gasteiger partial charge in [0.25, 0.3) is 5.91 Å². The van der Waals surface area contributed by atoms with Crippen LogP contribution in [0.5, 0.6) is 0 Å². The van der Waals surface area contributed by atoms with E-state index in [9.17, 15) is 4.79 Å². The minimum absolute atomic E-state index is 0.163. The van der Waals surface area contributed by atoms with E-state index in [1.54, 1.807) is 25.1 Å². The van der Waals surface area contributed by atoms with Gasteiger partial charge in [0.2, 0.25) is 5.89 Å². The van der Waals surface area contributed by atoms with Gasteiger partial charge in [-0.25, -0.2) is 0 Å². The number of nitrogens with one attached hydrogen (secondary N) is 1. The topological polar surface area (TPSA) is 91.8 Å². The Bertz CT molecular complexity index is 613. The van der Waals surface area contributed by atoms with Crippen LogP contribution in [0.3, 0.4) is 0 Å². The van der Waals surface area contributed by atoms with Crippen LogP contribution in [0.25, 0.3) is 0 Å². The van der Waals surface area contributed by atoms with Gasteiger partial charge in [0.05, 0.1) is 18.2 Å². The van der Waals surface area contributed by atoms with Crippen LogP contribution in [0.2, 0.25) is 0 Å². The fourth-order valence-electron chi connectivity index (χ4n) is 1.40. The second-order valence-corrected chi connectivity index (χ2v) is 3.61. The Morgan fingerprint density at radius 2 is 2.39 bits per heavy atom. The second kappa shape index (κ2) is 5.10. The van der Waals surface area contributed by atoms with Crippen molar-refractivity contribution in [3.05, 3.63) is 47.1 Å². The summed E-state index contributed by atoms with van der Waals surface area (Å²) < 4.78 is 4.87. The van der Waals surface area contributed by atoms with Crippen LogP contribution in [-0.2, 0) is 6.54 Å². The molecule has 1 aromatic heterocycles. The average molecular weight is 242 g/mol. The van der Waals surface area contributed by atoms with Crippen molar-refractivity contribution in [3.8, 4) is 6.07 Å². The highest BCUT2D eigenvalue weighted by Crippen LogP contribution is 2.04. The van der Waals surface area contributed by atoms with Gasteiger partial charge in [0, 0.05) is 5.56 Å². The predicted molar refractivity (Wildman–Crippen MR) is 61.4 cm³/mol. The maximum absolute atomic E-state index is 11.8. The predicted octanol–water partition coefficient (Wildman–Crippen LogP) is 1.18. The normalized spacial score (nSPS) is 9.78. The number of rotatable bonds is 3. The molecule has 0 unspecified atom stereocenters. The van der Waals surface area contributed by atoms with Gasteiger partial charge in [-0.05, 0) is 25.1 Å². The van der Waals surface area contributed by atoms with Crippen molar-refractivity contribution < 1.29 is 9.32 Å². The molecule has 0 spiro atoms. The molecular formula is C12H10N4O2. The molecule has 0 saturated carbocycles. The Balaban J connectivity index is 2.01. The zero-order valence-electron chi connectivity index (χ0n) is 9.67. The van der Waals surface area contributed by atoms with Crippen LogP contribution < -0.4 is 5.32 Å². The van der Waals surface area contributed by atoms with Gasteiger partial charge in [-0.3, -0.25) is 4.79 Å². The smallest absolute Gasteiger partial charge is 0.251 e. The lowest BCUT2D eigenvalue weighted by Gasteiger charge is -2.02. The summed E-state index contributed by atoms with van der Waals surface area (Å²) in [6.45, 7) is 1.86. The van der Waals surface area contributed by atoms with E-state index in [2.05, 4.69) is 15.5 Å². The zero-order chi connectivity index (χ0) is 13.0. The maximum Gasteiger partial charge on any atom is 0.251 e. The van der Waals surface area contributed by atoms with Crippen LogP contribution >= 0.6 is 0 Å². The molecule has 1 heterocycles. The van der Waals surface area contributed by atoms with Gasteiger partial charge in [0.15, 0.2) is 5.82 Å². The molecule has 1 N–H and O–H groups in total. The number of aromatic nitrogens is 2. The van der Waals surface area contributed by atoms with Crippen molar-refractivity contribution in [2.45, 2.75) is 13.5 Å². The van der Waals surface area contributed by atoms with Crippen LogP contribution in [0.15, 0.2) is 28.8 Å². The third kappa shape index (κ3) is 2.71. The van der Waals surface area contributed by atoms with Gasteiger partial charge in [-0.15, -0.1) is 0 Å². The molecule has 1 aromatic carbocycles. The first kappa shape index (κ1) is 11.8. The minimum Gasteiger partial charge on any atom is -0.343 e. The molecule has 2 aromatic rings. The van der Waals surface area contributed by atoms with E-state index in [4.69, 9.17) is 9.78 Å².